The highest BCUT2D eigenvalue weighted by Crippen LogP contribution is 2.22. The zero-order valence-electron chi connectivity index (χ0n) is 21.8. The molecule has 0 aliphatic carbocycles. The van der Waals surface area contributed by atoms with Crippen LogP contribution in [0.25, 0.3) is 10.8 Å². The molecule has 1 N–H and O–H groups in total. The third kappa shape index (κ3) is 7.32. The van der Waals surface area contributed by atoms with E-state index in [0.29, 0.717) is 18.7 Å². The summed E-state index contributed by atoms with van der Waals surface area (Å²) in [5.41, 5.74) is 2.22. The normalized spacial score (nSPS) is 13.2. The number of nitrogens with one attached hydrogen (secondary N) is 1. The summed E-state index contributed by atoms with van der Waals surface area (Å²) >= 11 is 0. The molecule has 5 heteroatoms. The molecule has 0 unspecified atom stereocenters. The monoisotopic (exact) mass is 474 g/mol. The number of hydrogen-bond acceptors (Lipinski definition) is 3. The Morgan fingerprint density at radius 2 is 1.63 bits per heavy atom. The van der Waals surface area contributed by atoms with Gasteiger partial charge < -0.3 is 15.0 Å². The molecule has 35 heavy (non-hydrogen) atoms. The minimum atomic E-state index is -0.593. The third-order valence-electron chi connectivity index (χ3n) is 6.28. The highest BCUT2D eigenvalue weighted by atomic mass is 16.6. The Kier molecular flexibility index (Phi) is 8.55. The number of alkyl carbamates (subject to hydrolysis) is 1. The predicted octanol–water partition coefficient (Wildman–Crippen LogP) is 6.73. The lowest BCUT2D eigenvalue weighted by atomic mass is 9.97. The van der Waals surface area contributed by atoms with E-state index >= 15 is 0 Å². The van der Waals surface area contributed by atoms with E-state index < -0.39 is 11.7 Å². The van der Waals surface area contributed by atoms with E-state index in [1.807, 2.05) is 75.1 Å². The molecule has 186 valence electrons. The van der Waals surface area contributed by atoms with E-state index in [1.54, 1.807) is 0 Å². The second-order valence-corrected chi connectivity index (χ2v) is 10.3. The fraction of sp³-hybridized carbons (Fsp3) is 0.400. The molecule has 0 bridgehead atoms. The molecule has 3 aromatic carbocycles. The van der Waals surface area contributed by atoms with E-state index in [9.17, 15) is 9.59 Å². The number of aryl methyl sites for hydroxylation is 1. The summed E-state index contributed by atoms with van der Waals surface area (Å²) in [5.74, 6) is 0.0978. The molecule has 0 saturated heterocycles. The van der Waals surface area contributed by atoms with Gasteiger partial charge >= 0.3 is 6.09 Å². The van der Waals surface area contributed by atoms with Crippen molar-refractivity contribution in [1.82, 2.24) is 10.2 Å². The van der Waals surface area contributed by atoms with Gasteiger partial charge in [-0.2, -0.15) is 0 Å². The van der Waals surface area contributed by atoms with Crippen molar-refractivity contribution in [1.29, 1.82) is 0 Å². The zero-order chi connectivity index (χ0) is 25.6. The third-order valence-corrected chi connectivity index (χ3v) is 6.28. The maximum Gasteiger partial charge on any atom is 0.407 e. The van der Waals surface area contributed by atoms with Crippen LogP contribution in [-0.4, -0.2) is 35.1 Å². The van der Waals surface area contributed by atoms with Gasteiger partial charge in [-0.1, -0.05) is 80.4 Å². The topological polar surface area (TPSA) is 58.6 Å². The summed E-state index contributed by atoms with van der Waals surface area (Å²) in [6.07, 6.45) is 0.400. The van der Waals surface area contributed by atoms with E-state index in [4.69, 9.17) is 4.74 Å². The van der Waals surface area contributed by atoms with Gasteiger partial charge in [0.15, 0.2) is 0 Å². The molecule has 2 amide bonds. The number of carbonyl (C=O) groups is 2. The fourth-order valence-corrected chi connectivity index (χ4v) is 4.08. The molecule has 0 fully saturated rings. The first-order valence-corrected chi connectivity index (χ1v) is 12.4. The summed E-state index contributed by atoms with van der Waals surface area (Å²) in [6, 6.07) is 21.8. The van der Waals surface area contributed by atoms with Crippen molar-refractivity contribution >= 4 is 22.8 Å². The van der Waals surface area contributed by atoms with Gasteiger partial charge in [0.1, 0.15) is 5.60 Å². The Balaban J connectivity index is 1.94. The van der Waals surface area contributed by atoms with E-state index in [0.717, 1.165) is 28.3 Å². The first-order chi connectivity index (χ1) is 16.6. The Labute approximate surface area is 209 Å². The molecular formula is C30H38N2O3. The molecule has 0 heterocycles. The summed E-state index contributed by atoms with van der Waals surface area (Å²) in [4.78, 5) is 28.2. The van der Waals surface area contributed by atoms with Crippen LogP contribution in [0.1, 0.15) is 62.5 Å². The first-order valence-electron chi connectivity index (χ1n) is 12.4. The van der Waals surface area contributed by atoms with Gasteiger partial charge in [0, 0.05) is 18.7 Å². The standard InChI is InChI=1S/C30H38N2O3/c1-7-22(3)27(31-29(34)35-30(4,5)6)20-32(28(33)24-17-15-21(2)16-18-24)19-25-13-10-12-23-11-8-9-14-26(23)25/h8-18,22,27H,7,19-20H2,1-6H3,(H,31,34)/t22-,27+/m0/s1. The van der Waals surface area contributed by atoms with Crippen LogP contribution in [0.2, 0.25) is 0 Å². The van der Waals surface area contributed by atoms with Crippen molar-refractivity contribution in [2.75, 3.05) is 6.54 Å². The highest BCUT2D eigenvalue weighted by molar-refractivity contribution is 5.95. The fourth-order valence-electron chi connectivity index (χ4n) is 4.08. The SMILES string of the molecule is CC[C@H](C)[C@@H](CN(Cc1cccc2ccccc12)C(=O)c1ccc(C)cc1)NC(=O)OC(C)(C)C. The lowest BCUT2D eigenvalue weighted by Crippen LogP contribution is -2.49. The average molecular weight is 475 g/mol. The number of fused-ring (bicyclic) bond motifs is 1. The molecule has 0 saturated carbocycles. The molecule has 3 rings (SSSR count). The van der Waals surface area contributed by atoms with Crippen LogP contribution >= 0.6 is 0 Å². The van der Waals surface area contributed by atoms with Gasteiger partial charge in [-0.05, 0) is 62.1 Å². The van der Waals surface area contributed by atoms with Gasteiger partial charge in [0.05, 0.1) is 6.04 Å². The van der Waals surface area contributed by atoms with Crippen LogP contribution in [0.5, 0.6) is 0 Å². The number of benzene rings is 3. The maximum absolute atomic E-state index is 13.7. The van der Waals surface area contributed by atoms with E-state index in [2.05, 4.69) is 43.4 Å². The van der Waals surface area contributed by atoms with Gasteiger partial charge in [0.2, 0.25) is 0 Å². The number of hydrogen-bond donors (Lipinski definition) is 1. The first kappa shape index (κ1) is 26.3. The Hall–Kier alpha value is -3.34. The summed E-state index contributed by atoms with van der Waals surface area (Å²) in [7, 11) is 0. The molecule has 0 spiro atoms. The lowest BCUT2D eigenvalue weighted by molar-refractivity contribution is 0.0452. The zero-order valence-corrected chi connectivity index (χ0v) is 21.8. The summed E-state index contributed by atoms with van der Waals surface area (Å²) < 4.78 is 5.53. The minimum absolute atomic E-state index is 0.0581. The number of carbonyl (C=O) groups excluding carboxylic acids is 2. The predicted molar refractivity (Wildman–Crippen MR) is 142 cm³/mol. The summed E-state index contributed by atoms with van der Waals surface area (Å²) in [5, 5.41) is 5.30. The van der Waals surface area contributed by atoms with Gasteiger partial charge in [-0.15, -0.1) is 0 Å². The quantitative estimate of drug-likeness (QED) is 0.394. The number of amides is 2. The maximum atomic E-state index is 13.7. The molecule has 3 aromatic rings. The van der Waals surface area contributed by atoms with Crippen LogP contribution in [0.4, 0.5) is 4.79 Å². The summed E-state index contributed by atoms with van der Waals surface area (Å²) in [6.45, 7) is 12.5. The van der Waals surface area contributed by atoms with Gasteiger partial charge in [0.25, 0.3) is 5.91 Å². The van der Waals surface area contributed by atoms with Crippen molar-refractivity contribution in [2.45, 2.75) is 66.2 Å². The Morgan fingerprint density at radius 3 is 2.29 bits per heavy atom. The molecule has 0 aromatic heterocycles. The van der Waals surface area contributed by atoms with Gasteiger partial charge in [-0.3, -0.25) is 4.79 Å². The lowest BCUT2D eigenvalue weighted by Gasteiger charge is -2.32. The van der Waals surface area contributed by atoms with Crippen LogP contribution in [-0.2, 0) is 11.3 Å². The van der Waals surface area contributed by atoms with Crippen LogP contribution in [0.3, 0.4) is 0 Å². The largest absolute Gasteiger partial charge is 0.444 e. The molecule has 0 aliphatic rings. The van der Waals surface area contributed by atoms with Crippen molar-refractivity contribution in [3.05, 3.63) is 83.4 Å². The smallest absolute Gasteiger partial charge is 0.407 e. The number of rotatable bonds is 8. The van der Waals surface area contributed by atoms with Crippen molar-refractivity contribution in [2.24, 2.45) is 5.92 Å². The second-order valence-electron chi connectivity index (χ2n) is 10.3. The molecule has 0 aliphatic heterocycles. The average Bonchev–Trinajstić information content (AvgIpc) is 2.81. The van der Waals surface area contributed by atoms with Crippen LogP contribution in [0.15, 0.2) is 66.7 Å². The number of nitrogens with zero attached hydrogens (tertiary/aromatic N) is 1. The van der Waals surface area contributed by atoms with Gasteiger partial charge in [-0.25, -0.2) is 4.79 Å². The minimum Gasteiger partial charge on any atom is -0.444 e. The van der Waals surface area contributed by atoms with E-state index in [1.165, 1.54) is 0 Å². The Morgan fingerprint density at radius 1 is 0.971 bits per heavy atom. The van der Waals surface area contributed by atoms with Crippen molar-refractivity contribution in [3.8, 4) is 0 Å². The van der Waals surface area contributed by atoms with Crippen LogP contribution < -0.4 is 5.32 Å². The van der Waals surface area contributed by atoms with Crippen LogP contribution in [0, 0.1) is 12.8 Å². The second kappa shape index (κ2) is 11.4. The van der Waals surface area contributed by atoms with Crippen molar-refractivity contribution in [3.63, 3.8) is 0 Å². The number of ether oxygens (including phenoxy) is 1. The molecule has 2 atom stereocenters. The van der Waals surface area contributed by atoms with E-state index in [-0.39, 0.29) is 17.9 Å². The molecular weight excluding hydrogens is 436 g/mol. The van der Waals surface area contributed by atoms with Crippen molar-refractivity contribution < 1.29 is 14.3 Å². The Bertz CT molecular complexity index is 1140. The molecule has 5 nitrogen and oxygen atoms in total. The molecule has 0 radical (unpaired) electrons. The highest BCUT2D eigenvalue weighted by Gasteiger charge is 2.27.